The summed E-state index contributed by atoms with van der Waals surface area (Å²) in [6, 6.07) is 0. The number of nitrogens with two attached hydrogens (primary N) is 1. The highest BCUT2D eigenvalue weighted by atomic mass is 32.2. The van der Waals surface area contributed by atoms with Crippen molar-refractivity contribution in [2.75, 3.05) is 23.8 Å². The van der Waals surface area contributed by atoms with Crippen molar-refractivity contribution in [3.05, 3.63) is 11.1 Å². The number of sulfone groups is 1. The Morgan fingerprint density at radius 2 is 2.32 bits per heavy atom. The average molecular weight is 307 g/mol. The number of ether oxygens (including phenoxy) is 1. The molecule has 0 spiro atoms. The van der Waals surface area contributed by atoms with E-state index in [2.05, 4.69) is 10.1 Å². The Morgan fingerprint density at radius 3 is 2.79 bits per heavy atom. The Labute approximate surface area is 113 Å². The lowest BCUT2D eigenvalue weighted by Crippen LogP contribution is -2.23. The number of thiazole rings is 1. The first-order valence-corrected chi connectivity index (χ1v) is 7.90. The van der Waals surface area contributed by atoms with Gasteiger partial charge in [0.25, 0.3) is 0 Å². The maximum absolute atomic E-state index is 11.6. The van der Waals surface area contributed by atoms with Gasteiger partial charge in [-0.05, 0) is 0 Å². The smallest absolute Gasteiger partial charge is 0.362 e. The molecule has 0 radical (unpaired) electrons. The predicted octanol–water partition coefficient (Wildman–Crippen LogP) is -0.118. The van der Waals surface area contributed by atoms with Gasteiger partial charge in [0.15, 0.2) is 15.0 Å². The van der Waals surface area contributed by atoms with E-state index >= 15 is 0 Å². The fraction of sp³-hybridized carbons (Fsp3) is 0.444. The van der Waals surface area contributed by atoms with Crippen LogP contribution in [0.2, 0.25) is 0 Å². The SMILES string of the molecule is CCS(=O)(=O)CCOC(=O)/C(=N\O)c1csc(N)n1. The van der Waals surface area contributed by atoms with Gasteiger partial charge in [0.05, 0.1) is 5.75 Å². The van der Waals surface area contributed by atoms with E-state index in [1.165, 1.54) is 12.3 Å². The van der Waals surface area contributed by atoms with Crippen molar-refractivity contribution in [2.45, 2.75) is 6.92 Å². The fourth-order valence-electron chi connectivity index (χ4n) is 1.07. The summed E-state index contributed by atoms with van der Waals surface area (Å²) in [7, 11) is -3.22. The van der Waals surface area contributed by atoms with Crippen molar-refractivity contribution in [3.63, 3.8) is 0 Å². The molecule has 0 saturated heterocycles. The van der Waals surface area contributed by atoms with Crippen molar-refractivity contribution < 1.29 is 23.2 Å². The largest absolute Gasteiger partial charge is 0.460 e. The minimum absolute atomic E-state index is 0.0336. The van der Waals surface area contributed by atoms with Crippen LogP contribution in [0, 0.1) is 0 Å². The van der Waals surface area contributed by atoms with E-state index in [0.717, 1.165) is 11.3 Å². The standard InChI is InChI=1S/C9H13N3O5S2/c1-2-19(15,16)4-3-17-8(13)7(12-14)6-5-18-9(10)11-6/h5,14H,2-4H2,1H3,(H2,10,11)/b12-7-. The van der Waals surface area contributed by atoms with Gasteiger partial charge in [-0.15, -0.1) is 11.3 Å². The van der Waals surface area contributed by atoms with Crippen LogP contribution in [0.3, 0.4) is 0 Å². The molecule has 0 aliphatic carbocycles. The number of nitrogens with zero attached hydrogens (tertiary/aromatic N) is 2. The first-order chi connectivity index (χ1) is 8.89. The zero-order chi connectivity index (χ0) is 14.5. The van der Waals surface area contributed by atoms with E-state index in [9.17, 15) is 13.2 Å². The molecule has 3 N–H and O–H groups in total. The van der Waals surface area contributed by atoms with Crippen LogP contribution in [0.1, 0.15) is 12.6 Å². The summed E-state index contributed by atoms with van der Waals surface area (Å²) < 4.78 is 27.1. The van der Waals surface area contributed by atoms with Gasteiger partial charge in [-0.2, -0.15) is 0 Å². The molecule has 1 heterocycles. The number of oxime groups is 1. The summed E-state index contributed by atoms with van der Waals surface area (Å²) in [6.45, 7) is 1.18. The first-order valence-electron chi connectivity index (χ1n) is 5.20. The lowest BCUT2D eigenvalue weighted by Gasteiger charge is -2.04. The van der Waals surface area contributed by atoms with Crippen molar-refractivity contribution in [1.29, 1.82) is 0 Å². The van der Waals surface area contributed by atoms with Crippen LogP contribution < -0.4 is 5.73 Å². The normalized spacial score (nSPS) is 12.4. The quantitative estimate of drug-likeness (QED) is 0.324. The number of carbonyl (C=O) groups excluding carboxylic acids is 1. The topological polar surface area (TPSA) is 132 Å². The van der Waals surface area contributed by atoms with E-state index in [0.29, 0.717) is 0 Å². The molecule has 0 unspecified atom stereocenters. The molecule has 0 bridgehead atoms. The van der Waals surface area contributed by atoms with Gasteiger partial charge in [0.1, 0.15) is 12.3 Å². The lowest BCUT2D eigenvalue weighted by atomic mass is 10.3. The predicted molar refractivity (Wildman–Crippen MR) is 70.1 cm³/mol. The molecule has 1 aromatic heterocycles. The van der Waals surface area contributed by atoms with Gasteiger partial charge >= 0.3 is 5.97 Å². The Hall–Kier alpha value is -1.68. The molecule has 10 heteroatoms. The molecular weight excluding hydrogens is 294 g/mol. The molecule has 0 aliphatic rings. The van der Waals surface area contributed by atoms with Crippen LogP contribution in [-0.4, -0.2) is 48.4 Å². The Morgan fingerprint density at radius 1 is 1.63 bits per heavy atom. The van der Waals surface area contributed by atoms with Crippen molar-refractivity contribution >= 4 is 38.0 Å². The third kappa shape index (κ3) is 4.48. The molecule has 0 aromatic carbocycles. The van der Waals surface area contributed by atoms with Gasteiger partial charge in [0.2, 0.25) is 5.71 Å². The number of carbonyl (C=O) groups is 1. The number of aromatic nitrogens is 1. The van der Waals surface area contributed by atoms with Gasteiger partial charge in [-0.25, -0.2) is 18.2 Å². The van der Waals surface area contributed by atoms with Crippen molar-refractivity contribution in [1.82, 2.24) is 4.98 Å². The summed E-state index contributed by atoms with van der Waals surface area (Å²) >= 11 is 1.07. The number of hydrogen-bond donors (Lipinski definition) is 2. The van der Waals surface area contributed by atoms with Crippen molar-refractivity contribution in [3.8, 4) is 0 Å². The molecule has 106 valence electrons. The zero-order valence-corrected chi connectivity index (χ0v) is 11.7. The molecular formula is C9H13N3O5S2. The van der Waals surface area contributed by atoms with Crippen LogP contribution in [-0.2, 0) is 19.4 Å². The third-order valence-corrected chi connectivity index (χ3v) is 4.47. The molecule has 1 aromatic rings. The maximum atomic E-state index is 11.6. The number of esters is 1. The highest BCUT2D eigenvalue weighted by molar-refractivity contribution is 7.91. The monoisotopic (exact) mass is 307 g/mol. The number of anilines is 1. The number of hydrogen-bond acceptors (Lipinski definition) is 9. The van der Waals surface area contributed by atoms with E-state index in [1.54, 1.807) is 0 Å². The van der Waals surface area contributed by atoms with Crippen LogP contribution in [0.25, 0.3) is 0 Å². The summed E-state index contributed by atoms with van der Waals surface area (Å²) in [5.74, 6) is -1.28. The summed E-state index contributed by atoms with van der Waals surface area (Å²) in [5, 5.41) is 13.2. The average Bonchev–Trinajstić information content (AvgIpc) is 2.76. The molecule has 0 aliphatic heterocycles. The lowest BCUT2D eigenvalue weighted by molar-refractivity contribution is -0.135. The van der Waals surface area contributed by atoms with Crippen LogP contribution >= 0.6 is 11.3 Å². The molecule has 0 atom stereocenters. The van der Waals surface area contributed by atoms with Crippen LogP contribution in [0.15, 0.2) is 10.5 Å². The molecule has 8 nitrogen and oxygen atoms in total. The molecule has 0 fully saturated rings. The number of nitrogen functional groups attached to an aromatic ring is 1. The minimum Gasteiger partial charge on any atom is -0.460 e. The van der Waals surface area contributed by atoms with Gasteiger partial charge in [-0.3, -0.25) is 0 Å². The van der Waals surface area contributed by atoms with E-state index in [4.69, 9.17) is 15.7 Å². The molecule has 0 amide bonds. The summed E-state index contributed by atoms with van der Waals surface area (Å²) in [6.07, 6.45) is 0. The second-order valence-electron chi connectivity index (χ2n) is 3.39. The summed E-state index contributed by atoms with van der Waals surface area (Å²) in [5.41, 5.74) is 5.05. The minimum atomic E-state index is -3.22. The van der Waals surface area contributed by atoms with Gasteiger partial charge < -0.3 is 15.7 Å². The highest BCUT2D eigenvalue weighted by Crippen LogP contribution is 2.12. The summed E-state index contributed by atoms with van der Waals surface area (Å²) in [4.78, 5) is 15.3. The molecule has 19 heavy (non-hydrogen) atoms. The Bertz CT molecular complexity index is 578. The Balaban J connectivity index is 2.62. The van der Waals surface area contributed by atoms with E-state index in [-0.39, 0.29) is 28.9 Å². The second-order valence-corrected chi connectivity index (χ2v) is 6.75. The zero-order valence-electron chi connectivity index (χ0n) is 10.1. The Kier molecular flexibility index (Phi) is 5.24. The van der Waals surface area contributed by atoms with Gasteiger partial charge in [0, 0.05) is 11.1 Å². The third-order valence-electron chi connectivity index (χ3n) is 2.13. The van der Waals surface area contributed by atoms with Crippen LogP contribution in [0.4, 0.5) is 5.13 Å². The fourth-order valence-corrected chi connectivity index (χ4v) is 2.24. The highest BCUT2D eigenvalue weighted by Gasteiger charge is 2.20. The maximum Gasteiger partial charge on any atom is 0.362 e. The number of rotatable bonds is 6. The van der Waals surface area contributed by atoms with E-state index < -0.39 is 21.5 Å². The first kappa shape index (κ1) is 15.4. The second kappa shape index (κ2) is 6.48. The van der Waals surface area contributed by atoms with Gasteiger partial charge in [-0.1, -0.05) is 12.1 Å². The van der Waals surface area contributed by atoms with Crippen molar-refractivity contribution in [2.24, 2.45) is 5.16 Å². The van der Waals surface area contributed by atoms with E-state index in [1.807, 2.05) is 0 Å². The molecule has 1 rings (SSSR count). The van der Waals surface area contributed by atoms with Crippen LogP contribution in [0.5, 0.6) is 0 Å². The molecule has 0 saturated carbocycles.